The Balaban J connectivity index is 1.51. The van der Waals surface area contributed by atoms with Crippen LogP contribution in [0.2, 0.25) is 0 Å². The Bertz CT molecular complexity index is 1380. The van der Waals surface area contributed by atoms with E-state index in [1.165, 1.54) is 4.47 Å². The molecule has 4 aromatic rings. The quantitative estimate of drug-likeness (QED) is 0.279. The Labute approximate surface area is 213 Å². The van der Waals surface area contributed by atoms with E-state index in [1.54, 1.807) is 12.1 Å². The van der Waals surface area contributed by atoms with E-state index in [0.717, 1.165) is 27.8 Å². The van der Waals surface area contributed by atoms with E-state index in [2.05, 4.69) is 30.3 Å². The van der Waals surface area contributed by atoms with Crippen LogP contribution >= 0.6 is 0 Å². The van der Waals surface area contributed by atoms with Crippen LogP contribution in [-0.4, -0.2) is 18.9 Å². The number of nitrogens with zero attached hydrogens (tertiary/aromatic N) is 1. The predicted molar refractivity (Wildman–Crippen MR) is 143 cm³/mol. The number of benzene rings is 4. The van der Waals surface area contributed by atoms with E-state index in [-0.39, 0.29) is 17.0 Å². The van der Waals surface area contributed by atoms with Gasteiger partial charge in [0.15, 0.2) is 0 Å². The van der Waals surface area contributed by atoms with Crippen LogP contribution in [0.15, 0.2) is 126 Å². The van der Waals surface area contributed by atoms with Gasteiger partial charge in [-0.2, -0.15) is 0 Å². The zero-order valence-electron chi connectivity index (χ0n) is 20.2. The van der Waals surface area contributed by atoms with Crippen molar-refractivity contribution in [2.24, 2.45) is 0 Å². The lowest BCUT2D eigenvalue weighted by Crippen LogP contribution is -2.34. The molecule has 5 heteroatoms. The summed E-state index contributed by atoms with van der Waals surface area (Å²) in [6, 6.07) is 36.8. The lowest BCUT2D eigenvalue weighted by atomic mass is 9.95. The molecule has 5 rings (SSSR count). The smallest absolute Gasteiger partial charge is 0.265 e. The van der Waals surface area contributed by atoms with Gasteiger partial charge in [-0.15, -0.1) is 0 Å². The Morgan fingerprint density at radius 1 is 0.806 bits per heavy atom. The summed E-state index contributed by atoms with van der Waals surface area (Å²) in [6.45, 7) is 1.94. The summed E-state index contributed by atoms with van der Waals surface area (Å²) in [5, 5.41) is 0. The van der Waals surface area contributed by atoms with E-state index in [1.807, 2.05) is 85.8 Å². The number of sulfonamides is 1. The van der Waals surface area contributed by atoms with Gasteiger partial charge < -0.3 is 0 Å². The van der Waals surface area contributed by atoms with Crippen molar-refractivity contribution in [1.29, 1.82) is 0 Å². The number of hydrogen-bond acceptors (Lipinski definition) is 3. The van der Waals surface area contributed by atoms with Crippen LogP contribution in [0.5, 0.6) is 0 Å². The van der Waals surface area contributed by atoms with Crippen molar-refractivity contribution in [2.75, 3.05) is 0 Å². The summed E-state index contributed by atoms with van der Waals surface area (Å²) in [6.07, 6.45) is 2.90. The average molecular weight is 496 g/mol. The summed E-state index contributed by atoms with van der Waals surface area (Å²) < 4.78 is 28.6. The second-order valence-electron chi connectivity index (χ2n) is 9.05. The van der Waals surface area contributed by atoms with Gasteiger partial charge in [0.25, 0.3) is 10.0 Å². The lowest BCUT2D eigenvalue weighted by Gasteiger charge is -2.22. The van der Waals surface area contributed by atoms with Crippen molar-refractivity contribution in [1.82, 2.24) is 4.47 Å². The van der Waals surface area contributed by atoms with E-state index in [0.29, 0.717) is 12.8 Å². The topological polar surface area (TPSA) is 46.6 Å². The molecule has 1 unspecified atom stereocenters. The largest absolute Gasteiger partial charge is 0.276 e. The van der Waals surface area contributed by atoms with Gasteiger partial charge >= 0.3 is 0 Å². The minimum absolute atomic E-state index is 0.238. The van der Waals surface area contributed by atoms with Crippen LogP contribution in [0.3, 0.4) is 0 Å². The molecular weight excluding hydrogens is 466 g/mol. The van der Waals surface area contributed by atoms with Crippen LogP contribution in [0, 0.1) is 6.92 Å². The van der Waals surface area contributed by atoms with E-state index < -0.39 is 10.0 Å². The second-order valence-corrected chi connectivity index (χ2v) is 10.8. The molecule has 1 aliphatic rings. The van der Waals surface area contributed by atoms with Crippen molar-refractivity contribution >= 4 is 15.6 Å². The van der Waals surface area contributed by atoms with Gasteiger partial charge in [-0.05, 0) is 54.2 Å². The fourth-order valence-corrected chi connectivity index (χ4v) is 6.06. The Kier molecular flexibility index (Phi) is 7.14. The molecule has 0 aliphatic carbocycles. The van der Waals surface area contributed by atoms with Crippen molar-refractivity contribution in [3.8, 4) is 0 Å². The monoisotopic (exact) mass is 495 g/mol. The molecular formula is C31H29NO3S. The molecule has 4 aromatic carbocycles. The number of hydrogen-bond donors (Lipinski definition) is 0. The Hall–Kier alpha value is -3.51. The van der Waals surface area contributed by atoms with Gasteiger partial charge in [0.1, 0.15) is 6.10 Å². The van der Waals surface area contributed by atoms with Crippen LogP contribution < -0.4 is 0 Å². The van der Waals surface area contributed by atoms with Gasteiger partial charge in [0.2, 0.25) is 0 Å². The number of hydroxylamine groups is 1. The SMILES string of the molecule is Cc1ccc(S(=O)(=O)N2OC(c3ccccc3)C[C@H]2CC=C(c2ccccc2)c2ccccc2)cc1. The van der Waals surface area contributed by atoms with Crippen LogP contribution in [-0.2, 0) is 14.9 Å². The predicted octanol–water partition coefficient (Wildman–Crippen LogP) is 6.95. The third-order valence-corrected chi connectivity index (χ3v) is 8.23. The molecule has 0 amide bonds. The fourth-order valence-electron chi connectivity index (χ4n) is 4.59. The second kappa shape index (κ2) is 10.6. The molecule has 0 spiro atoms. The summed E-state index contributed by atoms with van der Waals surface area (Å²) >= 11 is 0. The molecule has 0 N–H and O–H groups in total. The van der Waals surface area contributed by atoms with Crippen molar-refractivity contribution < 1.29 is 13.3 Å². The molecule has 0 bridgehead atoms. The maximum absolute atomic E-state index is 13.7. The molecule has 0 saturated carbocycles. The van der Waals surface area contributed by atoms with Gasteiger partial charge in [-0.1, -0.05) is 119 Å². The number of aryl methyl sites for hydroxylation is 1. The van der Waals surface area contributed by atoms with Crippen molar-refractivity contribution in [3.63, 3.8) is 0 Å². The molecule has 1 heterocycles. The summed E-state index contributed by atoms with van der Waals surface area (Å²) in [5.41, 5.74) is 5.24. The molecule has 2 atom stereocenters. The molecule has 4 nitrogen and oxygen atoms in total. The van der Waals surface area contributed by atoms with Crippen LogP contribution in [0.4, 0.5) is 0 Å². The standard InChI is InChI=1S/C31H29NO3S/c1-24-17-20-29(21-18-24)36(33,34)32-28(23-31(35-32)27-15-9-4-10-16-27)19-22-30(25-11-5-2-6-12-25)26-13-7-3-8-14-26/h2-18,20-22,28,31H,19,23H2,1H3/t28-,31?/m1/s1. The molecule has 182 valence electrons. The minimum atomic E-state index is -3.84. The molecule has 0 aromatic heterocycles. The highest BCUT2D eigenvalue weighted by atomic mass is 32.2. The lowest BCUT2D eigenvalue weighted by molar-refractivity contribution is -0.0909. The summed E-state index contributed by atoms with van der Waals surface area (Å²) in [7, 11) is -3.84. The fraction of sp³-hybridized carbons (Fsp3) is 0.161. The first-order chi connectivity index (χ1) is 17.5. The van der Waals surface area contributed by atoms with Gasteiger partial charge in [-0.25, -0.2) is 8.42 Å². The van der Waals surface area contributed by atoms with Gasteiger partial charge in [0.05, 0.1) is 10.9 Å². The molecule has 1 saturated heterocycles. The van der Waals surface area contributed by atoms with E-state index in [4.69, 9.17) is 4.84 Å². The van der Waals surface area contributed by atoms with Gasteiger partial charge in [0, 0.05) is 0 Å². The van der Waals surface area contributed by atoms with Gasteiger partial charge in [-0.3, -0.25) is 4.84 Å². The summed E-state index contributed by atoms with van der Waals surface area (Å²) in [5.74, 6) is 0. The third kappa shape index (κ3) is 5.19. The molecule has 1 aliphatic heterocycles. The molecule has 0 radical (unpaired) electrons. The highest BCUT2D eigenvalue weighted by Crippen LogP contribution is 2.39. The number of rotatable bonds is 7. The Morgan fingerprint density at radius 2 is 1.33 bits per heavy atom. The Morgan fingerprint density at radius 3 is 1.89 bits per heavy atom. The zero-order chi connectivity index (χ0) is 25.0. The molecule has 1 fully saturated rings. The average Bonchev–Trinajstić information content (AvgIpc) is 3.36. The normalized spacial score (nSPS) is 18.1. The van der Waals surface area contributed by atoms with Crippen molar-refractivity contribution in [2.45, 2.75) is 36.8 Å². The highest BCUT2D eigenvalue weighted by molar-refractivity contribution is 7.89. The van der Waals surface area contributed by atoms with E-state index >= 15 is 0 Å². The highest BCUT2D eigenvalue weighted by Gasteiger charge is 2.42. The third-order valence-electron chi connectivity index (χ3n) is 6.51. The van der Waals surface area contributed by atoms with E-state index in [9.17, 15) is 8.42 Å². The van der Waals surface area contributed by atoms with Crippen LogP contribution in [0.1, 0.15) is 41.2 Å². The first-order valence-electron chi connectivity index (χ1n) is 12.2. The minimum Gasteiger partial charge on any atom is -0.276 e. The first kappa shape index (κ1) is 24.2. The van der Waals surface area contributed by atoms with Crippen LogP contribution in [0.25, 0.3) is 5.57 Å². The maximum Gasteiger partial charge on any atom is 0.265 e. The first-order valence-corrected chi connectivity index (χ1v) is 13.6. The maximum atomic E-state index is 13.7. The van der Waals surface area contributed by atoms with Crippen molar-refractivity contribution in [3.05, 3.63) is 144 Å². The molecule has 36 heavy (non-hydrogen) atoms. The zero-order valence-corrected chi connectivity index (χ0v) is 21.0. The summed E-state index contributed by atoms with van der Waals surface area (Å²) in [4.78, 5) is 6.41.